The summed E-state index contributed by atoms with van der Waals surface area (Å²) in [5.74, 6) is 1.66. The SMILES string of the molecule is Cc1cc(C(N)C2CCC2)ccc1OC(C)C. The quantitative estimate of drug-likeness (QED) is 0.862. The van der Waals surface area contributed by atoms with Gasteiger partial charge in [0.15, 0.2) is 0 Å². The van der Waals surface area contributed by atoms with E-state index >= 15 is 0 Å². The van der Waals surface area contributed by atoms with Crippen LogP contribution in [-0.4, -0.2) is 6.10 Å². The molecule has 0 amide bonds. The highest BCUT2D eigenvalue weighted by atomic mass is 16.5. The van der Waals surface area contributed by atoms with Gasteiger partial charge in [0.1, 0.15) is 5.75 Å². The van der Waals surface area contributed by atoms with Gasteiger partial charge in [-0.2, -0.15) is 0 Å². The fourth-order valence-corrected chi connectivity index (χ4v) is 2.34. The smallest absolute Gasteiger partial charge is 0.122 e. The fraction of sp³-hybridized carbons (Fsp3) is 0.600. The third-order valence-corrected chi connectivity index (χ3v) is 3.60. The molecule has 1 aromatic rings. The first-order valence-electron chi connectivity index (χ1n) is 6.60. The Morgan fingerprint density at radius 1 is 1.29 bits per heavy atom. The van der Waals surface area contributed by atoms with Gasteiger partial charge >= 0.3 is 0 Å². The molecule has 1 fully saturated rings. The summed E-state index contributed by atoms with van der Waals surface area (Å²) in [4.78, 5) is 0. The van der Waals surface area contributed by atoms with Crippen molar-refractivity contribution < 1.29 is 4.74 Å². The van der Waals surface area contributed by atoms with Crippen LogP contribution in [0, 0.1) is 12.8 Å². The minimum Gasteiger partial charge on any atom is -0.491 e. The molecule has 17 heavy (non-hydrogen) atoms. The molecule has 1 aliphatic rings. The molecule has 2 heteroatoms. The summed E-state index contributed by atoms with van der Waals surface area (Å²) >= 11 is 0. The van der Waals surface area contributed by atoms with Gasteiger partial charge in [-0.1, -0.05) is 18.6 Å². The number of aryl methyl sites for hydroxylation is 1. The topological polar surface area (TPSA) is 35.2 Å². The van der Waals surface area contributed by atoms with E-state index < -0.39 is 0 Å². The van der Waals surface area contributed by atoms with Crippen LogP contribution in [0.15, 0.2) is 18.2 Å². The van der Waals surface area contributed by atoms with Crippen molar-refractivity contribution in [2.24, 2.45) is 11.7 Å². The molecule has 2 N–H and O–H groups in total. The molecule has 1 saturated carbocycles. The van der Waals surface area contributed by atoms with Gasteiger partial charge in [-0.25, -0.2) is 0 Å². The molecule has 0 aliphatic heterocycles. The summed E-state index contributed by atoms with van der Waals surface area (Å²) in [5, 5.41) is 0. The maximum atomic E-state index is 6.28. The lowest BCUT2D eigenvalue weighted by Crippen LogP contribution is -2.26. The maximum absolute atomic E-state index is 6.28. The van der Waals surface area contributed by atoms with E-state index in [9.17, 15) is 0 Å². The highest BCUT2D eigenvalue weighted by Crippen LogP contribution is 2.37. The highest BCUT2D eigenvalue weighted by Gasteiger charge is 2.25. The molecule has 0 radical (unpaired) electrons. The van der Waals surface area contributed by atoms with Crippen molar-refractivity contribution in [1.29, 1.82) is 0 Å². The zero-order valence-corrected chi connectivity index (χ0v) is 11.1. The summed E-state index contributed by atoms with van der Waals surface area (Å²) < 4.78 is 5.74. The van der Waals surface area contributed by atoms with E-state index in [0.29, 0.717) is 5.92 Å². The molecule has 94 valence electrons. The number of ether oxygens (including phenoxy) is 1. The molecule has 0 aromatic heterocycles. The lowest BCUT2D eigenvalue weighted by molar-refractivity contribution is 0.240. The maximum Gasteiger partial charge on any atom is 0.122 e. The largest absolute Gasteiger partial charge is 0.491 e. The summed E-state index contributed by atoms with van der Waals surface area (Å²) in [6.45, 7) is 6.19. The Balaban J connectivity index is 2.12. The van der Waals surface area contributed by atoms with Crippen LogP contribution in [0.4, 0.5) is 0 Å². The van der Waals surface area contributed by atoms with Crippen molar-refractivity contribution >= 4 is 0 Å². The molecule has 1 aromatic carbocycles. The summed E-state index contributed by atoms with van der Waals surface area (Å²) in [5.41, 5.74) is 8.72. The first-order chi connectivity index (χ1) is 8.08. The van der Waals surface area contributed by atoms with Crippen LogP contribution in [0.3, 0.4) is 0 Å². The number of nitrogens with two attached hydrogens (primary N) is 1. The molecule has 0 bridgehead atoms. The molecule has 1 unspecified atom stereocenters. The van der Waals surface area contributed by atoms with Gasteiger partial charge < -0.3 is 10.5 Å². The predicted molar refractivity (Wildman–Crippen MR) is 71.2 cm³/mol. The van der Waals surface area contributed by atoms with Crippen LogP contribution < -0.4 is 10.5 Å². The molecule has 1 atom stereocenters. The second-order valence-electron chi connectivity index (χ2n) is 5.41. The average molecular weight is 233 g/mol. The van der Waals surface area contributed by atoms with E-state index in [2.05, 4.69) is 25.1 Å². The van der Waals surface area contributed by atoms with E-state index in [1.807, 2.05) is 13.8 Å². The zero-order valence-electron chi connectivity index (χ0n) is 11.1. The number of hydrogen-bond acceptors (Lipinski definition) is 2. The van der Waals surface area contributed by atoms with Crippen molar-refractivity contribution in [2.45, 2.75) is 52.2 Å². The molecule has 1 aliphatic carbocycles. The van der Waals surface area contributed by atoms with E-state index in [-0.39, 0.29) is 12.1 Å². The van der Waals surface area contributed by atoms with Gasteiger partial charge in [0.25, 0.3) is 0 Å². The van der Waals surface area contributed by atoms with E-state index in [1.54, 1.807) is 0 Å². The van der Waals surface area contributed by atoms with Crippen molar-refractivity contribution in [3.05, 3.63) is 29.3 Å². The van der Waals surface area contributed by atoms with Gasteiger partial charge in [0.2, 0.25) is 0 Å². The normalized spacial score (nSPS) is 17.9. The second-order valence-corrected chi connectivity index (χ2v) is 5.41. The molecule has 2 nitrogen and oxygen atoms in total. The Kier molecular flexibility index (Phi) is 3.72. The summed E-state index contributed by atoms with van der Waals surface area (Å²) in [6, 6.07) is 6.56. The lowest BCUT2D eigenvalue weighted by Gasteiger charge is -2.31. The molecule has 0 heterocycles. The van der Waals surface area contributed by atoms with Crippen LogP contribution in [0.2, 0.25) is 0 Å². The van der Waals surface area contributed by atoms with Crippen LogP contribution in [0.5, 0.6) is 5.75 Å². The average Bonchev–Trinajstić information content (AvgIpc) is 2.17. The van der Waals surface area contributed by atoms with Crippen molar-refractivity contribution in [2.75, 3.05) is 0 Å². The molecule has 2 rings (SSSR count). The Morgan fingerprint density at radius 2 is 2.00 bits per heavy atom. The first-order valence-corrected chi connectivity index (χ1v) is 6.60. The number of hydrogen-bond donors (Lipinski definition) is 1. The number of benzene rings is 1. The van der Waals surface area contributed by atoms with E-state index in [1.165, 1.54) is 30.4 Å². The fourth-order valence-electron chi connectivity index (χ4n) is 2.34. The first kappa shape index (κ1) is 12.4. The van der Waals surface area contributed by atoms with E-state index in [4.69, 9.17) is 10.5 Å². The standard InChI is InChI=1S/C15H23NO/c1-10(2)17-14-8-7-13(9-11(14)3)15(16)12-5-4-6-12/h7-10,12,15H,4-6,16H2,1-3H3. The predicted octanol–water partition coefficient (Wildman–Crippen LogP) is 3.58. The Labute approximate surface area is 104 Å². The minimum absolute atomic E-state index is 0.204. The van der Waals surface area contributed by atoms with Gasteiger partial charge in [-0.15, -0.1) is 0 Å². The molecular weight excluding hydrogens is 210 g/mol. The molecule has 0 spiro atoms. The second kappa shape index (κ2) is 5.09. The Bertz CT molecular complexity index is 383. The molecule has 0 saturated heterocycles. The molecular formula is C15H23NO. The van der Waals surface area contributed by atoms with Crippen LogP contribution >= 0.6 is 0 Å². The van der Waals surface area contributed by atoms with Crippen LogP contribution in [0.25, 0.3) is 0 Å². The van der Waals surface area contributed by atoms with Crippen molar-refractivity contribution in [3.63, 3.8) is 0 Å². The Morgan fingerprint density at radius 3 is 2.47 bits per heavy atom. The number of rotatable bonds is 4. The van der Waals surface area contributed by atoms with Gasteiger partial charge in [-0.3, -0.25) is 0 Å². The minimum atomic E-state index is 0.204. The van der Waals surface area contributed by atoms with Crippen LogP contribution in [-0.2, 0) is 0 Å². The van der Waals surface area contributed by atoms with Crippen LogP contribution in [0.1, 0.15) is 50.3 Å². The third-order valence-electron chi connectivity index (χ3n) is 3.60. The zero-order chi connectivity index (χ0) is 12.4. The van der Waals surface area contributed by atoms with Crippen molar-refractivity contribution in [3.8, 4) is 5.75 Å². The third kappa shape index (κ3) is 2.81. The summed E-state index contributed by atoms with van der Waals surface area (Å²) in [7, 11) is 0. The van der Waals surface area contributed by atoms with Gasteiger partial charge in [-0.05, 0) is 56.7 Å². The van der Waals surface area contributed by atoms with Gasteiger partial charge in [0, 0.05) is 6.04 Å². The van der Waals surface area contributed by atoms with Crippen molar-refractivity contribution in [1.82, 2.24) is 0 Å². The monoisotopic (exact) mass is 233 g/mol. The van der Waals surface area contributed by atoms with Gasteiger partial charge in [0.05, 0.1) is 6.10 Å². The summed E-state index contributed by atoms with van der Waals surface area (Å²) in [6.07, 6.45) is 4.13. The highest BCUT2D eigenvalue weighted by molar-refractivity contribution is 5.37. The Hall–Kier alpha value is -1.02. The van der Waals surface area contributed by atoms with E-state index in [0.717, 1.165) is 5.75 Å². The lowest BCUT2D eigenvalue weighted by atomic mass is 9.77.